The summed E-state index contributed by atoms with van der Waals surface area (Å²) in [6.07, 6.45) is 0. The van der Waals surface area contributed by atoms with Crippen LogP contribution in [0.5, 0.6) is 0 Å². The number of esters is 1. The monoisotopic (exact) mass is 401 g/mol. The van der Waals surface area contributed by atoms with E-state index in [0.29, 0.717) is 30.3 Å². The van der Waals surface area contributed by atoms with Crippen LogP contribution in [-0.4, -0.2) is 49.7 Å². The van der Waals surface area contributed by atoms with E-state index in [0.717, 1.165) is 23.5 Å². The van der Waals surface area contributed by atoms with Gasteiger partial charge in [-0.1, -0.05) is 12.1 Å². The summed E-state index contributed by atoms with van der Waals surface area (Å²) in [4.78, 5) is 30.2. The van der Waals surface area contributed by atoms with Gasteiger partial charge in [0.15, 0.2) is 0 Å². The van der Waals surface area contributed by atoms with Crippen molar-refractivity contribution in [1.29, 1.82) is 0 Å². The zero-order valence-corrected chi connectivity index (χ0v) is 17.7. The number of nitrogens with one attached hydrogen (secondary N) is 1. The number of anilines is 2. The van der Waals surface area contributed by atoms with Crippen molar-refractivity contribution in [2.45, 2.75) is 27.7 Å². The standard InChI is InChI=1S/C21H27N3O3S/c1-5-27-20(25)18-15(3)16(4)28-19(18)22-21(26)24-11-9-23(10-12-24)17-8-6-7-14(2)13-17/h6-8,13H,5,9-12H2,1-4H3,(H,22,26). The third-order valence-corrected chi connectivity index (χ3v) is 6.14. The van der Waals surface area contributed by atoms with E-state index in [1.54, 1.807) is 11.8 Å². The first-order chi connectivity index (χ1) is 13.4. The number of urea groups is 1. The van der Waals surface area contributed by atoms with Crippen molar-refractivity contribution in [3.63, 3.8) is 0 Å². The molecule has 2 heterocycles. The predicted molar refractivity (Wildman–Crippen MR) is 114 cm³/mol. The molecule has 0 radical (unpaired) electrons. The third-order valence-electron chi connectivity index (χ3n) is 5.02. The van der Waals surface area contributed by atoms with E-state index in [4.69, 9.17) is 4.74 Å². The molecule has 2 aromatic rings. The second-order valence-electron chi connectivity index (χ2n) is 6.95. The molecule has 0 atom stereocenters. The molecule has 1 aliphatic heterocycles. The fourth-order valence-corrected chi connectivity index (χ4v) is 4.37. The van der Waals surface area contributed by atoms with Crippen LogP contribution in [0.2, 0.25) is 0 Å². The maximum atomic E-state index is 12.8. The summed E-state index contributed by atoms with van der Waals surface area (Å²) in [7, 11) is 0. The van der Waals surface area contributed by atoms with Gasteiger partial charge in [0.25, 0.3) is 0 Å². The Kier molecular flexibility index (Phi) is 6.24. The highest BCUT2D eigenvalue weighted by Gasteiger charge is 2.26. The van der Waals surface area contributed by atoms with Gasteiger partial charge in [0.05, 0.1) is 12.2 Å². The van der Waals surface area contributed by atoms with E-state index in [9.17, 15) is 9.59 Å². The Bertz CT molecular complexity index is 870. The quantitative estimate of drug-likeness (QED) is 0.780. The van der Waals surface area contributed by atoms with E-state index < -0.39 is 0 Å². The maximum absolute atomic E-state index is 12.8. The first-order valence-corrected chi connectivity index (χ1v) is 10.4. The molecule has 1 N–H and O–H groups in total. The number of hydrogen-bond acceptors (Lipinski definition) is 5. The number of piperazine rings is 1. The second-order valence-corrected chi connectivity index (χ2v) is 8.18. The molecule has 1 aromatic heterocycles. The minimum absolute atomic E-state index is 0.171. The number of amides is 2. The molecule has 0 aliphatic carbocycles. The van der Waals surface area contributed by atoms with Gasteiger partial charge >= 0.3 is 12.0 Å². The summed E-state index contributed by atoms with van der Waals surface area (Å²) in [5.41, 5.74) is 3.75. The van der Waals surface area contributed by atoms with Crippen molar-refractivity contribution < 1.29 is 14.3 Å². The van der Waals surface area contributed by atoms with Crippen LogP contribution in [0.3, 0.4) is 0 Å². The summed E-state index contributed by atoms with van der Waals surface area (Å²) >= 11 is 1.42. The van der Waals surface area contributed by atoms with Crippen molar-refractivity contribution in [1.82, 2.24) is 4.90 Å². The third kappa shape index (κ3) is 4.30. The molecule has 0 bridgehead atoms. The summed E-state index contributed by atoms with van der Waals surface area (Å²) in [6.45, 7) is 10.8. The van der Waals surface area contributed by atoms with E-state index in [-0.39, 0.29) is 12.0 Å². The molecule has 0 spiro atoms. The summed E-state index contributed by atoms with van der Waals surface area (Å²) in [5.74, 6) is -0.385. The van der Waals surface area contributed by atoms with Crippen LogP contribution < -0.4 is 10.2 Å². The minimum Gasteiger partial charge on any atom is -0.462 e. The number of hydrogen-bond donors (Lipinski definition) is 1. The topological polar surface area (TPSA) is 61.9 Å². The zero-order valence-electron chi connectivity index (χ0n) is 16.9. The second kappa shape index (κ2) is 8.65. The van der Waals surface area contributed by atoms with Gasteiger partial charge in [0, 0.05) is 36.7 Å². The molecule has 0 unspecified atom stereocenters. The smallest absolute Gasteiger partial charge is 0.341 e. The number of nitrogens with zero attached hydrogens (tertiary/aromatic N) is 2. The fourth-order valence-electron chi connectivity index (χ4n) is 3.33. The lowest BCUT2D eigenvalue weighted by Crippen LogP contribution is -2.50. The molecular formula is C21H27N3O3S. The highest BCUT2D eigenvalue weighted by atomic mass is 32.1. The molecule has 1 aromatic carbocycles. The Morgan fingerprint density at radius 3 is 2.50 bits per heavy atom. The predicted octanol–water partition coefficient (Wildman–Crippen LogP) is 4.20. The van der Waals surface area contributed by atoms with Crippen molar-refractivity contribution in [2.75, 3.05) is 43.0 Å². The van der Waals surface area contributed by atoms with Gasteiger partial charge in [-0.05, 0) is 51.0 Å². The molecule has 1 saturated heterocycles. The Labute approximate surface area is 170 Å². The fraction of sp³-hybridized carbons (Fsp3) is 0.429. The zero-order chi connectivity index (χ0) is 20.3. The largest absolute Gasteiger partial charge is 0.462 e. The van der Waals surface area contributed by atoms with Crippen LogP contribution in [0.15, 0.2) is 24.3 Å². The van der Waals surface area contributed by atoms with E-state index in [1.807, 2.05) is 13.8 Å². The molecule has 0 saturated carbocycles. The average Bonchev–Trinajstić information content (AvgIpc) is 2.95. The van der Waals surface area contributed by atoms with Gasteiger partial charge in [0.1, 0.15) is 5.00 Å². The van der Waals surface area contributed by atoms with Gasteiger partial charge in [-0.2, -0.15) is 0 Å². The average molecular weight is 402 g/mol. The van der Waals surface area contributed by atoms with Crippen LogP contribution in [0.4, 0.5) is 15.5 Å². The highest BCUT2D eigenvalue weighted by Crippen LogP contribution is 2.33. The first kappa shape index (κ1) is 20.2. The summed E-state index contributed by atoms with van der Waals surface area (Å²) < 4.78 is 5.16. The highest BCUT2D eigenvalue weighted by molar-refractivity contribution is 7.16. The van der Waals surface area contributed by atoms with E-state index in [1.165, 1.54) is 22.6 Å². The maximum Gasteiger partial charge on any atom is 0.341 e. The number of benzene rings is 1. The van der Waals surface area contributed by atoms with Gasteiger partial charge in [-0.3, -0.25) is 5.32 Å². The van der Waals surface area contributed by atoms with E-state index in [2.05, 4.69) is 41.4 Å². The lowest BCUT2D eigenvalue weighted by atomic mass is 10.1. The first-order valence-electron chi connectivity index (χ1n) is 9.55. The van der Waals surface area contributed by atoms with Crippen molar-refractivity contribution in [3.05, 3.63) is 45.8 Å². The van der Waals surface area contributed by atoms with Crippen LogP contribution in [-0.2, 0) is 4.74 Å². The molecule has 1 aliphatic rings. The van der Waals surface area contributed by atoms with Gasteiger partial charge in [-0.25, -0.2) is 9.59 Å². The van der Waals surface area contributed by atoms with Gasteiger partial charge in [-0.15, -0.1) is 11.3 Å². The minimum atomic E-state index is -0.385. The Hall–Kier alpha value is -2.54. The van der Waals surface area contributed by atoms with Crippen molar-refractivity contribution >= 4 is 34.0 Å². The lowest BCUT2D eigenvalue weighted by molar-refractivity contribution is 0.0527. The van der Waals surface area contributed by atoms with Gasteiger partial charge in [0.2, 0.25) is 0 Å². The number of carbonyl (C=O) groups is 2. The molecule has 6 nitrogen and oxygen atoms in total. The number of aryl methyl sites for hydroxylation is 2. The molecule has 28 heavy (non-hydrogen) atoms. The van der Waals surface area contributed by atoms with Crippen LogP contribution in [0, 0.1) is 20.8 Å². The number of thiophene rings is 1. The Morgan fingerprint density at radius 1 is 1.14 bits per heavy atom. The Balaban J connectivity index is 1.65. The Morgan fingerprint density at radius 2 is 1.86 bits per heavy atom. The lowest BCUT2D eigenvalue weighted by Gasteiger charge is -2.36. The van der Waals surface area contributed by atoms with Crippen molar-refractivity contribution in [3.8, 4) is 0 Å². The van der Waals surface area contributed by atoms with Crippen LogP contribution in [0.1, 0.15) is 33.3 Å². The molecule has 7 heteroatoms. The van der Waals surface area contributed by atoms with Crippen LogP contribution >= 0.6 is 11.3 Å². The van der Waals surface area contributed by atoms with E-state index >= 15 is 0 Å². The van der Waals surface area contributed by atoms with Crippen molar-refractivity contribution in [2.24, 2.45) is 0 Å². The van der Waals surface area contributed by atoms with Crippen LogP contribution in [0.25, 0.3) is 0 Å². The van der Waals surface area contributed by atoms with Gasteiger partial charge < -0.3 is 14.5 Å². The number of rotatable bonds is 4. The molecule has 3 rings (SSSR count). The molecular weight excluding hydrogens is 374 g/mol. The summed E-state index contributed by atoms with van der Waals surface area (Å²) in [5, 5.41) is 3.50. The molecule has 2 amide bonds. The SMILES string of the molecule is CCOC(=O)c1c(NC(=O)N2CCN(c3cccc(C)c3)CC2)sc(C)c1C. The molecule has 150 valence electrons. The molecule has 1 fully saturated rings. The number of carbonyl (C=O) groups excluding carboxylic acids is 2. The summed E-state index contributed by atoms with van der Waals surface area (Å²) in [6, 6.07) is 8.24. The normalized spacial score (nSPS) is 14.1. The number of ether oxygens (including phenoxy) is 1.